The Balaban J connectivity index is 3.34. The van der Waals surface area contributed by atoms with Crippen LogP contribution in [0, 0.1) is 0 Å². The number of benzene rings is 1. The van der Waals surface area contributed by atoms with Crippen molar-refractivity contribution in [2.45, 2.75) is 25.4 Å². The van der Waals surface area contributed by atoms with E-state index < -0.39 is 35.1 Å². The molecule has 1 nitrogen and oxygen atoms in total. The molecule has 1 rings (SSSR count). The number of hydrogen-bond acceptors (Lipinski definition) is 1. The molecule has 106 valence electrons. The molecule has 0 radical (unpaired) electrons. The minimum Gasteiger partial charge on any atom is -0.389 e. The molecule has 0 aliphatic heterocycles. The van der Waals surface area contributed by atoms with E-state index in [1.54, 1.807) is 0 Å². The summed E-state index contributed by atoms with van der Waals surface area (Å²) in [4.78, 5) is 0. The predicted molar refractivity (Wildman–Crippen MR) is 57.2 cm³/mol. The van der Waals surface area contributed by atoms with Gasteiger partial charge in [0.2, 0.25) is 0 Å². The maximum Gasteiger partial charge on any atom is 0.417 e. The zero-order valence-corrected chi connectivity index (χ0v) is 9.68. The van der Waals surface area contributed by atoms with Crippen LogP contribution in [0.3, 0.4) is 0 Å². The van der Waals surface area contributed by atoms with Gasteiger partial charge in [-0.2, -0.15) is 26.3 Å². The van der Waals surface area contributed by atoms with Gasteiger partial charge in [0.1, 0.15) is 0 Å². The topological polar surface area (TPSA) is 20.2 Å². The lowest BCUT2D eigenvalue weighted by Crippen LogP contribution is -2.12. The molecular weight excluding hydrogens is 274 g/mol. The van der Waals surface area contributed by atoms with E-state index in [4.69, 9.17) is 5.11 Å². The first-order valence-corrected chi connectivity index (χ1v) is 5.16. The Labute approximate surface area is 105 Å². The molecule has 1 N–H and O–H groups in total. The lowest BCUT2D eigenvalue weighted by molar-refractivity contribution is -0.143. The van der Waals surface area contributed by atoms with Gasteiger partial charge in [-0.1, -0.05) is 18.2 Å². The highest BCUT2D eigenvalue weighted by Crippen LogP contribution is 2.37. The molecule has 7 heteroatoms. The molecule has 0 aliphatic carbocycles. The van der Waals surface area contributed by atoms with Crippen LogP contribution in [0.25, 0.3) is 6.08 Å². The van der Waals surface area contributed by atoms with Crippen LogP contribution >= 0.6 is 0 Å². The van der Waals surface area contributed by atoms with Crippen LogP contribution in [-0.2, 0) is 12.4 Å². The number of hydrogen-bond donors (Lipinski definition) is 1. The monoisotopic (exact) mass is 284 g/mol. The summed E-state index contributed by atoms with van der Waals surface area (Å²) < 4.78 is 75.2. The van der Waals surface area contributed by atoms with Gasteiger partial charge in [-0.25, -0.2) is 0 Å². The van der Waals surface area contributed by atoms with Crippen molar-refractivity contribution in [1.29, 1.82) is 0 Å². The first-order chi connectivity index (χ1) is 8.51. The van der Waals surface area contributed by atoms with E-state index in [9.17, 15) is 26.3 Å². The summed E-state index contributed by atoms with van der Waals surface area (Å²) in [6.45, 7) is 1.31. The van der Waals surface area contributed by atoms with Crippen molar-refractivity contribution < 1.29 is 31.4 Å². The van der Waals surface area contributed by atoms with Crippen molar-refractivity contribution in [3.8, 4) is 0 Å². The lowest BCUT2D eigenvalue weighted by Gasteiger charge is -2.14. The molecule has 1 unspecified atom stereocenters. The van der Waals surface area contributed by atoms with E-state index in [-0.39, 0.29) is 6.07 Å². The summed E-state index contributed by atoms with van der Waals surface area (Å²) in [5.41, 5.74) is -3.19. The van der Waals surface area contributed by atoms with Crippen LogP contribution in [-0.4, -0.2) is 11.2 Å². The molecule has 0 aromatic heterocycles. The molecule has 0 saturated carbocycles. The number of aliphatic hydroxyl groups excluding tert-OH is 1. The Morgan fingerprint density at radius 1 is 1.05 bits per heavy atom. The Hall–Kier alpha value is -1.50. The van der Waals surface area contributed by atoms with Gasteiger partial charge in [-0.05, 0) is 24.6 Å². The largest absolute Gasteiger partial charge is 0.417 e. The fraction of sp³-hybridized carbons (Fsp3) is 0.333. The summed E-state index contributed by atoms with van der Waals surface area (Å²) in [5, 5.41) is 8.94. The predicted octanol–water partition coefficient (Wildman–Crippen LogP) is 4.12. The molecule has 19 heavy (non-hydrogen) atoms. The zero-order chi connectivity index (χ0) is 14.8. The van der Waals surface area contributed by atoms with Crippen LogP contribution in [0.2, 0.25) is 0 Å². The molecule has 0 bridgehead atoms. The smallest absolute Gasteiger partial charge is 0.389 e. The van der Waals surface area contributed by atoms with Crippen molar-refractivity contribution in [2.24, 2.45) is 0 Å². The normalized spacial score (nSPS) is 14.9. The van der Waals surface area contributed by atoms with Crippen LogP contribution in [0.1, 0.15) is 23.6 Å². The van der Waals surface area contributed by atoms with E-state index in [1.165, 1.54) is 6.92 Å². The average molecular weight is 284 g/mol. The molecule has 1 atom stereocenters. The number of halogens is 6. The van der Waals surface area contributed by atoms with Gasteiger partial charge in [0.05, 0.1) is 17.2 Å². The molecule has 1 aromatic rings. The highest BCUT2D eigenvalue weighted by Gasteiger charge is 2.37. The van der Waals surface area contributed by atoms with Crippen molar-refractivity contribution in [3.63, 3.8) is 0 Å². The van der Waals surface area contributed by atoms with Crippen molar-refractivity contribution in [1.82, 2.24) is 0 Å². The summed E-state index contributed by atoms with van der Waals surface area (Å²) in [6.07, 6.45) is -8.75. The van der Waals surface area contributed by atoms with Gasteiger partial charge in [0.15, 0.2) is 0 Å². The second kappa shape index (κ2) is 5.24. The van der Waals surface area contributed by atoms with E-state index in [2.05, 4.69) is 0 Å². The van der Waals surface area contributed by atoms with Crippen LogP contribution in [0.4, 0.5) is 26.3 Å². The highest BCUT2D eigenvalue weighted by atomic mass is 19.4. The Morgan fingerprint density at radius 2 is 1.63 bits per heavy atom. The fourth-order valence-corrected chi connectivity index (χ4v) is 1.37. The Bertz CT molecular complexity index is 470. The fourth-order valence-electron chi connectivity index (χ4n) is 1.37. The number of aliphatic hydroxyl groups is 1. The summed E-state index contributed by atoms with van der Waals surface area (Å²) in [5.74, 6) is 0. The third-order valence-electron chi connectivity index (χ3n) is 2.24. The lowest BCUT2D eigenvalue weighted by atomic mass is 10.0. The van der Waals surface area contributed by atoms with Gasteiger partial charge in [-0.3, -0.25) is 0 Å². The first-order valence-electron chi connectivity index (χ1n) is 5.16. The van der Waals surface area contributed by atoms with Crippen LogP contribution in [0.5, 0.6) is 0 Å². The molecule has 0 saturated heterocycles. The molecule has 0 spiro atoms. The molecule has 0 heterocycles. The maximum absolute atomic E-state index is 12.7. The first kappa shape index (κ1) is 15.6. The standard InChI is InChI=1S/C12H10F6O/c1-7(19)2-3-8-4-5-9(11(13,14)15)6-10(8)12(16,17)18/h2-7,19H,1H3/b3-2-. The van der Waals surface area contributed by atoms with Crippen molar-refractivity contribution >= 4 is 6.08 Å². The van der Waals surface area contributed by atoms with Gasteiger partial charge >= 0.3 is 12.4 Å². The Morgan fingerprint density at radius 3 is 2.05 bits per heavy atom. The zero-order valence-electron chi connectivity index (χ0n) is 9.68. The van der Waals surface area contributed by atoms with Crippen molar-refractivity contribution in [3.05, 3.63) is 41.0 Å². The summed E-state index contributed by atoms with van der Waals surface area (Å²) in [7, 11) is 0. The van der Waals surface area contributed by atoms with E-state index in [1.807, 2.05) is 0 Å². The molecule has 0 aliphatic rings. The van der Waals surface area contributed by atoms with Gasteiger partial charge in [0, 0.05) is 0 Å². The molecule has 0 amide bonds. The van der Waals surface area contributed by atoms with Crippen molar-refractivity contribution in [2.75, 3.05) is 0 Å². The second-order valence-corrected chi connectivity index (χ2v) is 3.90. The maximum atomic E-state index is 12.7. The minimum atomic E-state index is -4.90. The third kappa shape index (κ3) is 4.27. The molecule has 1 aromatic carbocycles. The second-order valence-electron chi connectivity index (χ2n) is 3.90. The highest BCUT2D eigenvalue weighted by molar-refractivity contribution is 5.56. The number of alkyl halides is 6. The third-order valence-corrected chi connectivity index (χ3v) is 2.24. The van der Waals surface area contributed by atoms with Crippen LogP contribution < -0.4 is 0 Å². The average Bonchev–Trinajstić information content (AvgIpc) is 2.23. The van der Waals surface area contributed by atoms with Crippen LogP contribution in [0.15, 0.2) is 24.3 Å². The number of rotatable bonds is 2. The SMILES string of the molecule is CC(O)/C=C\c1ccc(C(F)(F)F)cc1C(F)(F)F. The quantitative estimate of drug-likeness (QED) is 0.810. The van der Waals surface area contributed by atoms with Gasteiger partial charge < -0.3 is 5.11 Å². The summed E-state index contributed by atoms with van der Waals surface area (Å²) >= 11 is 0. The minimum absolute atomic E-state index is 0.0573. The molecular formula is C12H10F6O. The van der Waals surface area contributed by atoms with Gasteiger partial charge in [-0.15, -0.1) is 0 Å². The molecule has 0 fully saturated rings. The Kier molecular flexibility index (Phi) is 4.29. The summed E-state index contributed by atoms with van der Waals surface area (Å²) in [6, 6.07) is 1.35. The van der Waals surface area contributed by atoms with E-state index >= 15 is 0 Å². The van der Waals surface area contributed by atoms with E-state index in [0.29, 0.717) is 6.07 Å². The van der Waals surface area contributed by atoms with E-state index in [0.717, 1.165) is 18.2 Å². The van der Waals surface area contributed by atoms with Gasteiger partial charge in [0.25, 0.3) is 0 Å².